The molecular formula is C16H14O2. The Morgan fingerprint density at radius 1 is 0.944 bits per heavy atom. The van der Waals surface area contributed by atoms with Crippen LogP contribution in [0.25, 0.3) is 0 Å². The van der Waals surface area contributed by atoms with Crippen LogP contribution in [0.3, 0.4) is 0 Å². The van der Waals surface area contributed by atoms with E-state index < -0.39 is 0 Å². The van der Waals surface area contributed by atoms with E-state index in [1.54, 1.807) is 0 Å². The fraction of sp³-hybridized carbons (Fsp3) is 0.188. The van der Waals surface area contributed by atoms with Crippen molar-refractivity contribution in [3.05, 3.63) is 65.7 Å². The average Bonchev–Trinajstić information content (AvgIpc) is 2.40. The maximum Gasteiger partial charge on any atom is 0.141 e. The number of benzene rings is 2. The summed E-state index contributed by atoms with van der Waals surface area (Å²) in [5.74, 6) is 1.06. The molecule has 0 aliphatic heterocycles. The van der Waals surface area contributed by atoms with Crippen LogP contribution in [-0.4, -0.2) is 5.78 Å². The number of hydrogen-bond donors (Lipinski definition) is 0. The van der Waals surface area contributed by atoms with E-state index in [9.17, 15) is 4.79 Å². The van der Waals surface area contributed by atoms with Crippen molar-refractivity contribution < 1.29 is 9.53 Å². The van der Waals surface area contributed by atoms with Gasteiger partial charge >= 0.3 is 0 Å². The van der Waals surface area contributed by atoms with E-state index in [0.717, 1.165) is 16.9 Å². The number of para-hydroxylation sites is 1. The first kappa shape index (κ1) is 11.0. The van der Waals surface area contributed by atoms with Crippen LogP contribution in [0.1, 0.15) is 23.7 Å². The molecular weight excluding hydrogens is 224 g/mol. The number of ether oxygens (including phenoxy) is 1. The van der Waals surface area contributed by atoms with Gasteiger partial charge in [-0.3, -0.25) is 4.79 Å². The van der Waals surface area contributed by atoms with Gasteiger partial charge in [-0.1, -0.05) is 42.5 Å². The lowest BCUT2D eigenvalue weighted by molar-refractivity contribution is -0.120. The third-order valence-electron chi connectivity index (χ3n) is 3.22. The normalized spacial score (nSPS) is 18.2. The molecule has 1 atom stereocenters. The second-order valence-electron chi connectivity index (χ2n) is 4.54. The molecule has 0 N–H and O–H groups in total. The molecule has 2 heteroatoms. The first-order valence-corrected chi connectivity index (χ1v) is 6.14. The molecule has 2 aromatic rings. The Balaban J connectivity index is 1.91. The minimum atomic E-state index is -0.148. The molecule has 18 heavy (non-hydrogen) atoms. The highest BCUT2D eigenvalue weighted by Crippen LogP contribution is 2.31. The molecule has 0 aromatic heterocycles. The number of Topliss-reactive ketones (excluding diaryl/α,β-unsaturated/α-hetero) is 1. The Labute approximate surface area is 106 Å². The van der Waals surface area contributed by atoms with E-state index in [2.05, 4.69) is 6.07 Å². The van der Waals surface area contributed by atoms with Gasteiger partial charge in [-0.15, -0.1) is 0 Å². The monoisotopic (exact) mass is 238 g/mol. The predicted octanol–water partition coefficient (Wildman–Crippen LogP) is 3.32. The summed E-state index contributed by atoms with van der Waals surface area (Å²) in [5.41, 5.74) is 2.23. The molecule has 2 aromatic carbocycles. The maximum absolute atomic E-state index is 11.7. The summed E-state index contributed by atoms with van der Waals surface area (Å²) >= 11 is 0. The summed E-state index contributed by atoms with van der Waals surface area (Å²) in [5, 5.41) is 0. The van der Waals surface area contributed by atoms with Gasteiger partial charge in [0.05, 0.1) is 0 Å². The largest absolute Gasteiger partial charge is 0.485 e. The van der Waals surface area contributed by atoms with Crippen LogP contribution in [0.15, 0.2) is 54.6 Å². The third kappa shape index (κ3) is 2.14. The molecule has 3 rings (SSSR count). The molecule has 1 aliphatic carbocycles. The van der Waals surface area contributed by atoms with Crippen molar-refractivity contribution in [2.24, 2.45) is 0 Å². The Bertz CT molecular complexity index is 560. The standard InChI is InChI=1S/C16H14O2/c17-13-10-12-6-4-5-9-15(12)16(11-13)18-14-7-2-1-3-8-14/h1-9,16H,10-11H2. The number of rotatable bonds is 2. The highest BCUT2D eigenvalue weighted by Gasteiger charge is 2.26. The van der Waals surface area contributed by atoms with Gasteiger partial charge in [0, 0.05) is 12.8 Å². The fourth-order valence-electron chi connectivity index (χ4n) is 2.38. The summed E-state index contributed by atoms with van der Waals surface area (Å²) < 4.78 is 5.93. The SMILES string of the molecule is O=C1Cc2ccccc2C(Oc2ccccc2)C1. The van der Waals surface area contributed by atoms with Gasteiger partial charge in [-0.2, -0.15) is 0 Å². The average molecular weight is 238 g/mol. The van der Waals surface area contributed by atoms with Gasteiger partial charge in [0.1, 0.15) is 17.6 Å². The van der Waals surface area contributed by atoms with E-state index in [0.29, 0.717) is 12.8 Å². The summed E-state index contributed by atoms with van der Waals surface area (Å²) in [7, 11) is 0. The summed E-state index contributed by atoms with van der Waals surface area (Å²) in [6.07, 6.45) is 0.848. The molecule has 2 nitrogen and oxygen atoms in total. The van der Waals surface area contributed by atoms with E-state index >= 15 is 0 Å². The lowest BCUT2D eigenvalue weighted by Gasteiger charge is -2.25. The first-order valence-electron chi connectivity index (χ1n) is 6.14. The third-order valence-corrected chi connectivity index (χ3v) is 3.22. The van der Waals surface area contributed by atoms with Crippen molar-refractivity contribution in [3.63, 3.8) is 0 Å². The van der Waals surface area contributed by atoms with Gasteiger partial charge in [0.15, 0.2) is 0 Å². The van der Waals surface area contributed by atoms with Crippen LogP contribution < -0.4 is 4.74 Å². The smallest absolute Gasteiger partial charge is 0.141 e. The second kappa shape index (κ2) is 4.65. The summed E-state index contributed by atoms with van der Waals surface area (Å²) in [6.45, 7) is 0. The van der Waals surface area contributed by atoms with Crippen LogP contribution in [0.2, 0.25) is 0 Å². The highest BCUT2D eigenvalue weighted by atomic mass is 16.5. The molecule has 0 saturated heterocycles. The van der Waals surface area contributed by atoms with Crippen molar-refractivity contribution in [1.29, 1.82) is 0 Å². The topological polar surface area (TPSA) is 26.3 Å². The minimum absolute atomic E-state index is 0.148. The molecule has 0 spiro atoms. The predicted molar refractivity (Wildman–Crippen MR) is 69.6 cm³/mol. The van der Waals surface area contributed by atoms with Crippen molar-refractivity contribution >= 4 is 5.78 Å². The number of hydrogen-bond acceptors (Lipinski definition) is 2. The van der Waals surface area contributed by atoms with Crippen LogP contribution in [0, 0.1) is 0 Å². The van der Waals surface area contributed by atoms with Gasteiger partial charge in [0.25, 0.3) is 0 Å². The van der Waals surface area contributed by atoms with Crippen molar-refractivity contribution in [3.8, 4) is 5.75 Å². The molecule has 0 fully saturated rings. The number of fused-ring (bicyclic) bond motifs is 1. The Morgan fingerprint density at radius 3 is 2.50 bits per heavy atom. The molecule has 1 aliphatic rings. The van der Waals surface area contributed by atoms with Gasteiger partial charge in [0.2, 0.25) is 0 Å². The number of carbonyl (C=O) groups excluding carboxylic acids is 1. The number of ketones is 1. The lowest BCUT2D eigenvalue weighted by atomic mass is 9.88. The molecule has 1 unspecified atom stereocenters. The molecule has 90 valence electrons. The zero-order chi connectivity index (χ0) is 12.4. The zero-order valence-electron chi connectivity index (χ0n) is 10.0. The van der Waals surface area contributed by atoms with E-state index in [1.807, 2.05) is 48.5 Å². The Hall–Kier alpha value is -2.09. The van der Waals surface area contributed by atoms with Crippen LogP contribution >= 0.6 is 0 Å². The zero-order valence-corrected chi connectivity index (χ0v) is 10.0. The lowest BCUT2D eigenvalue weighted by Crippen LogP contribution is -2.22. The first-order chi connectivity index (χ1) is 8.83. The van der Waals surface area contributed by atoms with E-state index in [-0.39, 0.29) is 11.9 Å². The minimum Gasteiger partial charge on any atom is -0.485 e. The van der Waals surface area contributed by atoms with E-state index in [4.69, 9.17) is 4.74 Å². The molecule has 0 heterocycles. The molecule has 0 amide bonds. The quantitative estimate of drug-likeness (QED) is 0.802. The Kier molecular flexibility index (Phi) is 2.85. The van der Waals surface area contributed by atoms with Crippen LogP contribution in [0.5, 0.6) is 5.75 Å². The van der Waals surface area contributed by atoms with E-state index in [1.165, 1.54) is 0 Å². The maximum atomic E-state index is 11.7. The van der Waals surface area contributed by atoms with Gasteiger partial charge < -0.3 is 4.74 Å². The van der Waals surface area contributed by atoms with Crippen molar-refractivity contribution in [2.75, 3.05) is 0 Å². The summed E-state index contributed by atoms with van der Waals surface area (Å²) in [6, 6.07) is 17.7. The summed E-state index contributed by atoms with van der Waals surface area (Å²) in [4.78, 5) is 11.7. The highest BCUT2D eigenvalue weighted by molar-refractivity contribution is 5.83. The Morgan fingerprint density at radius 2 is 1.67 bits per heavy atom. The molecule has 0 radical (unpaired) electrons. The fourth-order valence-corrected chi connectivity index (χ4v) is 2.38. The molecule has 0 bridgehead atoms. The van der Waals surface area contributed by atoms with Crippen molar-refractivity contribution in [2.45, 2.75) is 18.9 Å². The van der Waals surface area contributed by atoms with Crippen LogP contribution in [0.4, 0.5) is 0 Å². The number of carbonyl (C=O) groups is 1. The second-order valence-corrected chi connectivity index (χ2v) is 4.54. The van der Waals surface area contributed by atoms with Crippen LogP contribution in [-0.2, 0) is 11.2 Å². The molecule has 0 saturated carbocycles. The van der Waals surface area contributed by atoms with Gasteiger partial charge in [-0.05, 0) is 23.3 Å². The van der Waals surface area contributed by atoms with Crippen molar-refractivity contribution in [1.82, 2.24) is 0 Å². The van der Waals surface area contributed by atoms with Gasteiger partial charge in [-0.25, -0.2) is 0 Å².